The van der Waals surface area contributed by atoms with Crippen molar-refractivity contribution in [1.29, 1.82) is 0 Å². The van der Waals surface area contributed by atoms with Gasteiger partial charge in [-0.2, -0.15) is 0 Å². The van der Waals surface area contributed by atoms with Gasteiger partial charge in [0.05, 0.1) is 53.3 Å². The lowest BCUT2D eigenvalue weighted by Crippen LogP contribution is -2.38. The molecule has 11 nitrogen and oxygen atoms in total. The third-order valence-electron chi connectivity index (χ3n) is 4.19. The number of hydrogen-bond donors (Lipinski definition) is 0. The highest BCUT2D eigenvalue weighted by Crippen LogP contribution is 2.32. The van der Waals surface area contributed by atoms with Crippen LogP contribution in [0.25, 0.3) is 5.70 Å². The zero-order chi connectivity index (χ0) is 21.6. The van der Waals surface area contributed by atoms with Gasteiger partial charge >= 0.3 is 23.9 Å². The summed E-state index contributed by atoms with van der Waals surface area (Å²) in [6.45, 7) is 1.43. The molecule has 11 heteroatoms. The molecule has 0 N–H and O–H groups in total. The van der Waals surface area contributed by atoms with E-state index in [2.05, 4.69) is 4.74 Å². The first-order valence-corrected chi connectivity index (χ1v) is 8.52. The third kappa shape index (κ3) is 4.57. The van der Waals surface area contributed by atoms with E-state index in [0.717, 1.165) is 34.5 Å². The van der Waals surface area contributed by atoms with E-state index < -0.39 is 23.9 Å². The minimum atomic E-state index is -0.882. The van der Waals surface area contributed by atoms with Gasteiger partial charge in [0.25, 0.3) is 0 Å². The molecule has 0 spiro atoms. The van der Waals surface area contributed by atoms with Gasteiger partial charge in [-0.1, -0.05) is 0 Å². The third-order valence-corrected chi connectivity index (χ3v) is 4.19. The normalized spacial score (nSPS) is 14.2. The predicted octanol–water partition coefficient (Wildman–Crippen LogP) is 0.0848. The fraction of sp³-hybridized carbons (Fsp3) is 0.444. The fourth-order valence-electron chi connectivity index (χ4n) is 2.83. The Hall–Kier alpha value is -3.34. The molecule has 0 aliphatic carbocycles. The lowest BCUT2D eigenvalue weighted by Gasteiger charge is -2.30. The molecule has 0 radical (unpaired) electrons. The van der Waals surface area contributed by atoms with Crippen LogP contribution in [-0.2, 0) is 33.3 Å². The van der Waals surface area contributed by atoms with E-state index in [9.17, 15) is 19.2 Å². The van der Waals surface area contributed by atoms with Crippen LogP contribution in [0.1, 0.15) is 20.7 Å². The summed E-state index contributed by atoms with van der Waals surface area (Å²) in [5, 5.41) is 0. The van der Waals surface area contributed by atoms with Crippen molar-refractivity contribution in [3.05, 3.63) is 23.4 Å². The van der Waals surface area contributed by atoms with Crippen molar-refractivity contribution in [2.75, 3.05) is 59.6 Å². The van der Waals surface area contributed by atoms with Crippen LogP contribution in [0.2, 0.25) is 0 Å². The molecule has 1 aromatic rings. The standard InChI is InChI=1S/C18H22N2O9/c1-25-13(21)9-12(17(23)27-3)20-10-11(16(22)26-2)14(18(24)28-4)15(20)19-5-7-29-8-6-19/h9-10H,5-8H2,1-4H3/b12-9+. The van der Waals surface area contributed by atoms with E-state index in [1.54, 1.807) is 4.90 Å². The Labute approximate surface area is 166 Å². The zero-order valence-corrected chi connectivity index (χ0v) is 16.6. The monoisotopic (exact) mass is 410 g/mol. The summed E-state index contributed by atoms with van der Waals surface area (Å²) in [4.78, 5) is 50.8. The maximum atomic E-state index is 12.5. The van der Waals surface area contributed by atoms with Gasteiger partial charge in [0, 0.05) is 19.3 Å². The van der Waals surface area contributed by atoms with Crippen LogP contribution in [0.15, 0.2) is 12.3 Å². The quantitative estimate of drug-likeness (QED) is 0.362. The van der Waals surface area contributed by atoms with E-state index in [0.29, 0.717) is 26.3 Å². The SMILES string of the molecule is COC(=O)/C=C(\C(=O)OC)n1cc(C(=O)OC)c(C(=O)OC)c1N1CCOCC1. The largest absolute Gasteiger partial charge is 0.466 e. The number of ether oxygens (including phenoxy) is 5. The Morgan fingerprint density at radius 2 is 1.55 bits per heavy atom. The number of methoxy groups -OCH3 is 4. The highest BCUT2D eigenvalue weighted by molar-refractivity contribution is 6.17. The summed E-state index contributed by atoms with van der Waals surface area (Å²) in [5.41, 5.74) is -0.512. The number of nitrogens with zero attached hydrogens (tertiary/aromatic N) is 2. The lowest BCUT2D eigenvalue weighted by atomic mass is 10.1. The zero-order valence-electron chi connectivity index (χ0n) is 16.6. The van der Waals surface area contributed by atoms with Gasteiger partial charge in [0.1, 0.15) is 17.1 Å². The average molecular weight is 410 g/mol. The van der Waals surface area contributed by atoms with Crippen molar-refractivity contribution in [3.63, 3.8) is 0 Å². The minimum Gasteiger partial charge on any atom is -0.466 e. The van der Waals surface area contributed by atoms with Gasteiger partial charge in [-0.15, -0.1) is 0 Å². The number of esters is 4. The Morgan fingerprint density at radius 1 is 0.931 bits per heavy atom. The molecular weight excluding hydrogens is 388 g/mol. The first-order valence-electron chi connectivity index (χ1n) is 8.52. The summed E-state index contributed by atoms with van der Waals surface area (Å²) in [5.74, 6) is -3.17. The topological polar surface area (TPSA) is 123 Å². The molecule has 0 atom stereocenters. The minimum absolute atomic E-state index is 0.110. The molecule has 1 aliphatic rings. The second-order valence-corrected chi connectivity index (χ2v) is 5.74. The molecule has 2 rings (SSSR count). The maximum Gasteiger partial charge on any atom is 0.355 e. The number of morpholine rings is 1. The number of rotatable bonds is 6. The van der Waals surface area contributed by atoms with E-state index in [4.69, 9.17) is 18.9 Å². The van der Waals surface area contributed by atoms with E-state index in [-0.39, 0.29) is 22.6 Å². The van der Waals surface area contributed by atoms with Gasteiger partial charge in [-0.25, -0.2) is 19.2 Å². The van der Waals surface area contributed by atoms with Crippen molar-refractivity contribution < 1.29 is 42.9 Å². The van der Waals surface area contributed by atoms with E-state index in [1.807, 2.05) is 0 Å². The van der Waals surface area contributed by atoms with Crippen LogP contribution in [-0.4, -0.2) is 83.2 Å². The van der Waals surface area contributed by atoms with Gasteiger partial charge in [-0.05, 0) is 0 Å². The van der Waals surface area contributed by atoms with Crippen LogP contribution in [0.3, 0.4) is 0 Å². The second-order valence-electron chi connectivity index (χ2n) is 5.74. The summed E-state index contributed by atoms with van der Waals surface area (Å²) in [7, 11) is 4.59. The van der Waals surface area contributed by atoms with Gasteiger partial charge in [0.2, 0.25) is 0 Å². The summed E-state index contributed by atoms with van der Waals surface area (Å²) in [6.07, 6.45) is 2.12. The van der Waals surface area contributed by atoms with Crippen LogP contribution in [0.4, 0.5) is 5.82 Å². The molecule has 29 heavy (non-hydrogen) atoms. The summed E-state index contributed by atoms with van der Waals surface area (Å²) in [6, 6.07) is 0. The number of anilines is 1. The molecule has 2 heterocycles. The van der Waals surface area contributed by atoms with Crippen LogP contribution in [0.5, 0.6) is 0 Å². The molecule has 158 valence electrons. The molecule has 1 fully saturated rings. The molecule has 0 unspecified atom stereocenters. The molecule has 0 bridgehead atoms. The molecule has 0 saturated carbocycles. The maximum absolute atomic E-state index is 12.5. The van der Waals surface area contributed by atoms with Crippen LogP contribution in [0, 0.1) is 0 Å². The van der Waals surface area contributed by atoms with E-state index >= 15 is 0 Å². The first kappa shape index (κ1) is 22.0. The molecule has 1 aromatic heterocycles. The smallest absolute Gasteiger partial charge is 0.355 e. The van der Waals surface area contributed by atoms with Crippen molar-refractivity contribution in [3.8, 4) is 0 Å². The molecule has 0 amide bonds. The van der Waals surface area contributed by atoms with Gasteiger partial charge in [0.15, 0.2) is 0 Å². The number of carbonyl (C=O) groups is 4. The second kappa shape index (κ2) is 9.73. The van der Waals surface area contributed by atoms with Crippen molar-refractivity contribution in [2.45, 2.75) is 0 Å². The molecule has 0 aromatic carbocycles. The molecule has 1 saturated heterocycles. The average Bonchev–Trinajstić information content (AvgIpc) is 3.16. The van der Waals surface area contributed by atoms with Crippen LogP contribution < -0.4 is 4.90 Å². The Balaban J connectivity index is 2.83. The van der Waals surface area contributed by atoms with Crippen LogP contribution >= 0.6 is 0 Å². The number of hydrogen-bond acceptors (Lipinski definition) is 10. The Morgan fingerprint density at radius 3 is 2.07 bits per heavy atom. The lowest BCUT2D eigenvalue weighted by molar-refractivity contribution is -0.137. The van der Waals surface area contributed by atoms with Gasteiger partial charge in [-0.3, -0.25) is 4.57 Å². The number of carbonyl (C=O) groups excluding carboxylic acids is 4. The van der Waals surface area contributed by atoms with Crippen molar-refractivity contribution in [1.82, 2.24) is 4.57 Å². The fourth-order valence-corrected chi connectivity index (χ4v) is 2.83. The Kier molecular flexibility index (Phi) is 7.37. The predicted molar refractivity (Wildman–Crippen MR) is 98.4 cm³/mol. The first-order chi connectivity index (χ1) is 13.9. The number of aromatic nitrogens is 1. The molecule has 1 aliphatic heterocycles. The highest BCUT2D eigenvalue weighted by Gasteiger charge is 2.34. The Bertz CT molecular complexity index is 835. The summed E-state index contributed by atoms with van der Waals surface area (Å²) < 4.78 is 25.5. The highest BCUT2D eigenvalue weighted by atomic mass is 16.5. The van der Waals surface area contributed by atoms with Gasteiger partial charge < -0.3 is 28.6 Å². The van der Waals surface area contributed by atoms with E-state index in [1.165, 1.54) is 10.8 Å². The van der Waals surface area contributed by atoms with Crippen molar-refractivity contribution in [2.24, 2.45) is 0 Å². The molecular formula is C18H22N2O9. The van der Waals surface area contributed by atoms with Crippen molar-refractivity contribution >= 4 is 35.4 Å². The summed E-state index contributed by atoms with van der Waals surface area (Å²) >= 11 is 0.